The Kier molecular flexibility index (Phi) is 5.04. The van der Waals surface area contributed by atoms with Crippen LogP contribution in [0.15, 0.2) is 0 Å². The molecule has 1 rings (SSSR count). The van der Waals surface area contributed by atoms with Crippen LogP contribution in [0.1, 0.15) is 38.5 Å². The summed E-state index contributed by atoms with van der Waals surface area (Å²) in [6.07, 6.45) is 8.09. The van der Waals surface area contributed by atoms with Gasteiger partial charge in [0.1, 0.15) is 0 Å². The molecule has 0 saturated carbocycles. The smallest absolute Gasteiger partial charge is 0.00675 e. The van der Waals surface area contributed by atoms with Gasteiger partial charge in [0.15, 0.2) is 0 Å². The standard InChI is InChI=1S/C9H18NS/c11-8-3-1-2-5-9-6-4-7-10-9/h9-10H,1-8H2. The van der Waals surface area contributed by atoms with E-state index in [1.54, 1.807) is 0 Å². The summed E-state index contributed by atoms with van der Waals surface area (Å²) in [5, 5.41) is 3.51. The van der Waals surface area contributed by atoms with E-state index in [4.69, 9.17) is 12.6 Å². The second-order valence-electron chi connectivity index (χ2n) is 3.35. The van der Waals surface area contributed by atoms with Crippen molar-refractivity contribution in [2.24, 2.45) is 0 Å². The zero-order valence-electron chi connectivity index (χ0n) is 7.14. The lowest BCUT2D eigenvalue weighted by atomic mass is 10.1. The second kappa shape index (κ2) is 5.90. The third-order valence-corrected chi connectivity index (χ3v) is 2.65. The fourth-order valence-electron chi connectivity index (χ4n) is 1.67. The van der Waals surface area contributed by atoms with Gasteiger partial charge in [0.25, 0.3) is 0 Å². The molecule has 0 bridgehead atoms. The third-order valence-electron chi connectivity index (χ3n) is 2.36. The largest absolute Gasteiger partial charge is 0.314 e. The Bertz CT molecular complexity index is 89.6. The Morgan fingerprint density at radius 3 is 2.82 bits per heavy atom. The van der Waals surface area contributed by atoms with E-state index in [2.05, 4.69) is 5.32 Å². The fraction of sp³-hybridized carbons (Fsp3) is 1.00. The van der Waals surface area contributed by atoms with Gasteiger partial charge in [-0.25, -0.2) is 0 Å². The van der Waals surface area contributed by atoms with Crippen LogP contribution in [0.3, 0.4) is 0 Å². The van der Waals surface area contributed by atoms with Gasteiger partial charge < -0.3 is 5.32 Å². The Balaban J connectivity index is 1.86. The first kappa shape index (κ1) is 9.40. The van der Waals surface area contributed by atoms with Gasteiger partial charge in [-0.1, -0.05) is 25.5 Å². The van der Waals surface area contributed by atoms with Crippen LogP contribution < -0.4 is 5.32 Å². The molecule has 0 amide bonds. The molecule has 0 aromatic carbocycles. The number of hydrogen-bond acceptors (Lipinski definition) is 1. The highest BCUT2D eigenvalue weighted by atomic mass is 32.1. The normalized spacial score (nSPS) is 24.3. The van der Waals surface area contributed by atoms with Crippen LogP contribution in [0.4, 0.5) is 0 Å². The second-order valence-corrected chi connectivity index (χ2v) is 3.75. The number of hydrogen-bond donors (Lipinski definition) is 1. The molecule has 1 unspecified atom stereocenters. The van der Waals surface area contributed by atoms with Crippen LogP contribution in [-0.2, 0) is 0 Å². The summed E-state index contributed by atoms with van der Waals surface area (Å²) in [5.74, 6) is 0.943. The molecule has 1 aliphatic heterocycles. The molecule has 65 valence electrons. The van der Waals surface area contributed by atoms with Gasteiger partial charge in [0.05, 0.1) is 0 Å². The SMILES string of the molecule is [S]CCCCCC1CCCN1. The van der Waals surface area contributed by atoms with Crippen molar-refractivity contribution in [3.05, 3.63) is 0 Å². The maximum Gasteiger partial charge on any atom is 0.00675 e. The number of nitrogens with one attached hydrogen (secondary N) is 1. The minimum atomic E-state index is 0.833. The highest BCUT2D eigenvalue weighted by molar-refractivity contribution is 7.80. The molecule has 11 heavy (non-hydrogen) atoms. The van der Waals surface area contributed by atoms with Crippen LogP contribution in [-0.4, -0.2) is 18.3 Å². The van der Waals surface area contributed by atoms with Crippen molar-refractivity contribution in [1.82, 2.24) is 5.32 Å². The molecule has 2 heteroatoms. The first-order valence-electron chi connectivity index (χ1n) is 4.75. The molecule has 1 heterocycles. The van der Waals surface area contributed by atoms with Crippen molar-refractivity contribution in [2.75, 3.05) is 12.3 Å². The van der Waals surface area contributed by atoms with E-state index in [1.165, 1.54) is 45.1 Å². The molecule has 0 aliphatic carbocycles. The molecular formula is C9H18NS. The van der Waals surface area contributed by atoms with Gasteiger partial charge in [-0.05, 0) is 32.2 Å². The zero-order valence-corrected chi connectivity index (χ0v) is 7.96. The minimum Gasteiger partial charge on any atom is -0.314 e. The van der Waals surface area contributed by atoms with E-state index in [1.807, 2.05) is 0 Å². The summed E-state index contributed by atoms with van der Waals surface area (Å²) >= 11 is 4.88. The highest BCUT2D eigenvalue weighted by Crippen LogP contribution is 2.12. The zero-order chi connectivity index (χ0) is 7.94. The first-order valence-corrected chi connectivity index (χ1v) is 5.32. The van der Waals surface area contributed by atoms with Gasteiger partial charge in [0, 0.05) is 11.8 Å². The Labute approximate surface area is 75.4 Å². The summed E-state index contributed by atoms with van der Waals surface area (Å²) in [7, 11) is 0. The fourth-order valence-corrected chi connectivity index (χ4v) is 1.88. The van der Waals surface area contributed by atoms with Crippen LogP contribution in [0.5, 0.6) is 0 Å². The van der Waals surface area contributed by atoms with Crippen LogP contribution in [0.25, 0.3) is 0 Å². The lowest BCUT2D eigenvalue weighted by Gasteiger charge is -2.08. The van der Waals surface area contributed by atoms with E-state index < -0.39 is 0 Å². The summed E-state index contributed by atoms with van der Waals surface area (Å²) < 4.78 is 0. The van der Waals surface area contributed by atoms with Gasteiger partial charge in [-0.3, -0.25) is 0 Å². The molecule has 0 spiro atoms. The van der Waals surface area contributed by atoms with Crippen LogP contribution in [0, 0.1) is 0 Å². The van der Waals surface area contributed by atoms with Gasteiger partial charge in [-0.2, -0.15) is 0 Å². The van der Waals surface area contributed by atoms with Crippen molar-refractivity contribution in [3.63, 3.8) is 0 Å². The average Bonchev–Trinajstić information content (AvgIpc) is 2.50. The molecule has 1 saturated heterocycles. The molecular weight excluding hydrogens is 154 g/mol. The molecule has 1 N–H and O–H groups in total. The van der Waals surface area contributed by atoms with E-state index in [0.717, 1.165) is 11.8 Å². The van der Waals surface area contributed by atoms with E-state index in [-0.39, 0.29) is 0 Å². The molecule has 1 nitrogen and oxygen atoms in total. The number of rotatable bonds is 5. The van der Waals surface area contributed by atoms with Crippen LogP contribution >= 0.6 is 12.6 Å². The molecule has 1 atom stereocenters. The Morgan fingerprint density at radius 1 is 1.27 bits per heavy atom. The average molecular weight is 172 g/mol. The minimum absolute atomic E-state index is 0.833. The van der Waals surface area contributed by atoms with E-state index >= 15 is 0 Å². The monoisotopic (exact) mass is 172 g/mol. The molecule has 1 fully saturated rings. The van der Waals surface area contributed by atoms with E-state index in [0.29, 0.717) is 0 Å². The molecule has 1 radical (unpaired) electrons. The summed E-state index contributed by atoms with van der Waals surface area (Å²) in [5.41, 5.74) is 0. The topological polar surface area (TPSA) is 12.0 Å². The van der Waals surface area contributed by atoms with E-state index in [9.17, 15) is 0 Å². The Morgan fingerprint density at radius 2 is 2.18 bits per heavy atom. The lowest BCUT2D eigenvalue weighted by molar-refractivity contribution is 0.521. The summed E-state index contributed by atoms with van der Waals surface area (Å²) in [6.45, 7) is 1.24. The molecule has 0 aromatic rings. The van der Waals surface area contributed by atoms with Gasteiger partial charge >= 0.3 is 0 Å². The molecule has 0 aromatic heterocycles. The highest BCUT2D eigenvalue weighted by Gasteiger charge is 2.12. The van der Waals surface area contributed by atoms with Gasteiger partial charge in [-0.15, -0.1) is 0 Å². The predicted molar refractivity (Wildman–Crippen MR) is 52.0 cm³/mol. The van der Waals surface area contributed by atoms with Crippen LogP contribution in [0.2, 0.25) is 0 Å². The van der Waals surface area contributed by atoms with Crippen molar-refractivity contribution < 1.29 is 0 Å². The van der Waals surface area contributed by atoms with Crippen molar-refractivity contribution in [3.8, 4) is 0 Å². The maximum atomic E-state index is 4.88. The Hall–Kier alpha value is 0.310. The summed E-state index contributed by atoms with van der Waals surface area (Å²) in [4.78, 5) is 0. The van der Waals surface area contributed by atoms with Gasteiger partial charge in [0.2, 0.25) is 0 Å². The quantitative estimate of drug-likeness (QED) is 0.628. The maximum absolute atomic E-state index is 4.88. The molecule has 1 aliphatic rings. The number of unbranched alkanes of at least 4 members (excludes halogenated alkanes) is 2. The van der Waals surface area contributed by atoms with Crippen molar-refractivity contribution in [2.45, 2.75) is 44.6 Å². The predicted octanol–water partition coefficient (Wildman–Crippen LogP) is 2.50. The van der Waals surface area contributed by atoms with Crippen molar-refractivity contribution >= 4 is 12.6 Å². The first-order chi connectivity index (χ1) is 5.43. The third kappa shape index (κ3) is 4.02. The summed E-state index contributed by atoms with van der Waals surface area (Å²) in [6, 6.07) is 0.833. The lowest BCUT2D eigenvalue weighted by Crippen LogP contribution is -2.20. The van der Waals surface area contributed by atoms with Crippen molar-refractivity contribution in [1.29, 1.82) is 0 Å².